The Hall–Kier alpha value is -0.650. The van der Waals surface area contributed by atoms with Gasteiger partial charge in [0.25, 0.3) is 0 Å². The highest BCUT2D eigenvalue weighted by molar-refractivity contribution is 5.75. The fraction of sp³-hybridized carbons (Fsp3) is 0.923. The SMILES string of the molecule is CN1CCN(C)C(CNCCCC(=O)N(C)C)C1. The summed E-state index contributed by atoms with van der Waals surface area (Å²) in [4.78, 5) is 17.8. The summed E-state index contributed by atoms with van der Waals surface area (Å²) in [5.74, 6) is 0.214. The van der Waals surface area contributed by atoms with Crippen molar-refractivity contribution in [2.45, 2.75) is 18.9 Å². The molecule has 18 heavy (non-hydrogen) atoms. The third-order valence-corrected chi connectivity index (χ3v) is 3.60. The number of piperazine rings is 1. The van der Waals surface area contributed by atoms with Crippen molar-refractivity contribution in [3.63, 3.8) is 0 Å². The van der Waals surface area contributed by atoms with E-state index in [1.807, 2.05) is 14.1 Å². The van der Waals surface area contributed by atoms with Gasteiger partial charge < -0.3 is 15.1 Å². The molecule has 0 aromatic carbocycles. The first kappa shape index (κ1) is 15.4. The van der Waals surface area contributed by atoms with Crippen LogP contribution < -0.4 is 5.32 Å². The van der Waals surface area contributed by atoms with Gasteiger partial charge >= 0.3 is 0 Å². The van der Waals surface area contributed by atoms with Gasteiger partial charge in [0.05, 0.1) is 0 Å². The van der Waals surface area contributed by atoms with Crippen molar-refractivity contribution >= 4 is 5.91 Å². The molecule has 106 valence electrons. The van der Waals surface area contributed by atoms with Gasteiger partial charge in [-0.25, -0.2) is 0 Å². The summed E-state index contributed by atoms with van der Waals surface area (Å²) in [6, 6.07) is 0.591. The molecule has 0 radical (unpaired) electrons. The molecule has 1 saturated heterocycles. The lowest BCUT2D eigenvalue weighted by Gasteiger charge is -2.37. The third-order valence-electron chi connectivity index (χ3n) is 3.60. The minimum atomic E-state index is 0.214. The second-order valence-corrected chi connectivity index (χ2v) is 5.49. The third kappa shape index (κ3) is 5.33. The number of carbonyl (C=O) groups is 1. The molecule has 0 bridgehead atoms. The number of nitrogens with zero attached hydrogens (tertiary/aromatic N) is 3. The second-order valence-electron chi connectivity index (χ2n) is 5.49. The Morgan fingerprint density at radius 3 is 2.72 bits per heavy atom. The first-order chi connectivity index (χ1) is 8.50. The Balaban J connectivity index is 2.08. The van der Waals surface area contributed by atoms with Crippen LogP contribution in [-0.2, 0) is 4.79 Å². The molecule has 0 aromatic heterocycles. The molecule has 1 aliphatic heterocycles. The van der Waals surface area contributed by atoms with Gasteiger partial charge in [0, 0.05) is 52.7 Å². The van der Waals surface area contributed by atoms with Gasteiger partial charge in [-0.3, -0.25) is 9.69 Å². The van der Waals surface area contributed by atoms with Crippen LogP contribution in [0.15, 0.2) is 0 Å². The molecule has 0 aromatic rings. The summed E-state index contributed by atoms with van der Waals surface area (Å²) < 4.78 is 0. The maximum absolute atomic E-state index is 11.4. The van der Waals surface area contributed by atoms with Crippen LogP contribution in [0.1, 0.15) is 12.8 Å². The molecule has 0 spiro atoms. The molecule has 5 nitrogen and oxygen atoms in total. The summed E-state index contributed by atoms with van der Waals surface area (Å²) in [5.41, 5.74) is 0. The number of nitrogens with one attached hydrogen (secondary N) is 1. The molecule has 1 fully saturated rings. The average Bonchev–Trinajstić information content (AvgIpc) is 2.32. The monoisotopic (exact) mass is 256 g/mol. The van der Waals surface area contributed by atoms with E-state index in [1.165, 1.54) is 0 Å². The Kier molecular flexibility index (Phi) is 6.60. The average molecular weight is 256 g/mol. The number of amides is 1. The number of hydrogen-bond acceptors (Lipinski definition) is 4. The molecule has 0 aliphatic carbocycles. The summed E-state index contributed by atoms with van der Waals surface area (Å²) >= 11 is 0. The summed E-state index contributed by atoms with van der Waals surface area (Å²) in [7, 11) is 7.98. The van der Waals surface area contributed by atoms with Crippen molar-refractivity contribution in [3.8, 4) is 0 Å². The van der Waals surface area contributed by atoms with Crippen LogP contribution >= 0.6 is 0 Å². The molecular weight excluding hydrogens is 228 g/mol. The van der Waals surface area contributed by atoms with Crippen LogP contribution in [0.4, 0.5) is 0 Å². The van der Waals surface area contributed by atoms with Gasteiger partial charge in [-0.15, -0.1) is 0 Å². The maximum atomic E-state index is 11.4. The van der Waals surface area contributed by atoms with Gasteiger partial charge in [-0.1, -0.05) is 0 Å². The van der Waals surface area contributed by atoms with Crippen LogP contribution in [0.5, 0.6) is 0 Å². The molecule has 1 rings (SSSR count). The zero-order chi connectivity index (χ0) is 13.5. The zero-order valence-corrected chi connectivity index (χ0v) is 12.3. The van der Waals surface area contributed by atoms with Gasteiger partial charge in [-0.05, 0) is 27.1 Å². The minimum Gasteiger partial charge on any atom is -0.349 e. The molecule has 1 heterocycles. The molecule has 1 unspecified atom stereocenters. The largest absolute Gasteiger partial charge is 0.349 e. The van der Waals surface area contributed by atoms with E-state index in [2.05, 4.69) is 29.2 Å². The highest BCUT2D eigenvalue weighted by Gasteiger charge is 2.21. The predicted octanol–water partition coefficient (Wildman–Crippen LogP) is -0.310. The van der Waals surface area contributed by atoms with Gasteiger partial charge in [0.2, 0.25) is 5.91 Å². The van der Waals surface area contributed by atoms with E-state index in [0.29, 0.717) is 12.5 Å². The Labute approximate surface area is 111 Å². The summed E-state index contributed by atoms with van der Waals surface area (Å²) in [6.45, 7) is 5.36. The van der Waals surface area contributed by atoms with Crippen molar-refractivity contribution in [1.82, 2.24) is 20.0 Å². The highest BCUT2D eigenvalue weighted by atomic mass is 16.2. The van der Waals surface area contributed by atoms with Gasteiger partial charge in [-0.2, -0.15) is 0 Å². The van der Waals surface area contributed by atoms with Crippen molar-refractivity contribution < 1.29 is 4.79 Å². The normalized spacial score (nSPS) is 22.1. The van der Waals surface area contributed by atoms with Crippen molar-refractivity contribution in [3.05, 3.63) is 0 Å². The summed E-state index contributed by atoms with van der Waals surface area (Å²) in [5, 5.41) is 3.46. The second kappa shape index (κ2) is 7.71. The van der Waals surface area contributed by atoms with Crippen molar-refractivity contribution in [1.29, 1.82) is 0 Å². The Morgan fingerprint density at radius 2 is 2.06 bits per heavy atom. The van der Waals surface area contributed by atoms with Crippen LogP contribution in [-0.4, -0.2) is 87.6 Å². The predicted molar refractivity (Wildman–Crippen MR) is 74.7 cm³/mol. The zero-order valence-electron chi connectivity index (χ0n) is 12.3. The topological polar surface area (TPSA) is 38.8 Å². The van der Waals surface area contributed by atoms with Crippen LogP contribution in [0.25, 0.3) is 0 Å². The van der Waals surface area contributed by atoms with Crippen LogP contribution in [0, 0.1) is 0 Å². The van der Waals surface area contributed by atoms with Crippen molar-refractivity contribution in [2.75, 3.05) is 60.9 Å². The summed E-state index contributed by atoms with van der Waals surface area (Å²) in [6.07, 6.45) is 1.56. The molecule has 1 N–H and O–H groups in total. The first-order valence-electron chi connectivity index (χ1n) is 6.80. The lowest BCUT2D eigenvalue weighted by molar-refractivity contribution is -0.128. The van der Waals surface area contributed by atoms with E-state index in [1.54, 1.807) is 4.90 Å². The molecule has 1 amide bonds. The van der Waals surface area contributed by atoms with E-state index >= 15 is 0 Å². The molecule has 0 saturated carbocycles. The molecule has 5 heteroatoms. The highest BCUT2D eigenvalue weighted by Crippen LogP contribution is 2.04. The first-order valence-corrected chi connectivity index (χ1v) is 6.80. The fourth-order valence-corrected chi connectivity index (χ4v) is 2.18. The van der Waals surface area contributed by atoms with E-state index in [0.717, 1.165) is 39.1 Å². The minimum absolute atomic E-state index is 0.214. The van der Waals surface area contributed by atoms with E-state index in [4.69, 9.17) is 0 Å². The number of likely N-dealkylation sites (N-methyl/N-ethyl adjacent to an activating group) is 2. The Morgan fingerprint density at radius 1 is 1.33 bits per heavy atom. The van der Waals surface area contributed by atoms with Gasteiger partial charge in [0.1, 0.15) is 0 Å². The van der Waals surface area contributed by atoms with Crippen molar-refractivity contribution in [2.24, 2.45) is 0 Å². The molecular formula is C13H28N4O. The number of rotatable bonds is 6. The molecule has 1 aliphatic rings. The fourth-order valence-electron chi connectivity index (χ4n) is 2.18. The number of carbonyl (C=O) groups excluding carboxylic acids is 1. The lowest BCUT2D eigenvalue weighted by atomic mass is 10.2. The molecule has 1 atom stereocenters. The lowest BCUT2D eigenvalue weighted by Crippen LogP contribution is -2.53. The quantitative estimate of drug-likeness (QED) is 0.662. The standard InChI is InChI=1S/C13H28N4O/c1-15(2)13(18)6-5-7-14-10-12-11-16(3)8-9-17(12)4/h12,14H,5-11H2,1-4H3. The smallest absolute Gasteiger partial charge is 0.222 e. The van der Waals surface area contributed by atoms with Crippen LogP contribution in [0.3, 0.4) is 0 Å². The van der Waals surface area contributed by atoms with E-state index in [-0.39, 0.29) is 5.91 Å². The number of hydrogen-bond donors (Lipinski definition) is 1. The van der Waals surface area contributed by atoms with E-state index < -0.39 is 0 Å². The van der Waals surface area contributed by atoms with E-state index in [9.17, 15) is 4.79 Å². The maximum Gasteiger partial charge on any atom is 0.222 e. The van der Waals surface area contributed by atoms with Gasteiger partial charge in [0.15, 0.2) is 0 Å². The van der Waals surface area contributed by atoms with Crippen LogP contribution in [0.2, 0.25) is 0 Å². The Bertz CT molecular complexity index is 257.